The highest BCUT2D eigenvalue weighted by Crippen LogP contribution is 2.29. The predicted molar refractivity (Wildman–Crippen MR) is 95.7 cm³/mol. The number of nitrogens with zero attached hydrogens (tertiary/aromatic N) is 5. The maximum absolute atomic E-state index is 12.4. The summed E-state index contributed by atoms with van der Waals surface area (Å²) in [6.45, 7) is 6.87. The van der Waals surface area contributed by atoms with Crippen LogP contribution in [0.3, 0.4) is 0 Å². The van der Waals surface area contributed by atoms with Crippen molar-refractivity contribution < 1.29 is 4.79 Å². The maximum atomic E-state index is 12.4. The lowest BCUT2D eigenvalue weighted by molar-refractivity contribution is -0.125. The first-order chi connectivity index (χ1) is 12.0. The Labute approximate surface area is 148 Å². The van der Waals surface area contributed by atoms with Gasteiger partial charge in [0.1, 0.15) is 5.69 Å². The van der Waals surface area contributed by atoms with Crippen LogP contribution < -0.4 is 5.32 Å². The van der Waals surface area contributed by atoms with Crippen molar-refractivity contribution >= 4 is 5.91 Å². The topological polar surface area (TPSA) is 77.6 Å². The Morgan fingerprint density at radius 2 is 2.20 bits per heavy atom. The molecule has 0 spiro atoms. The third-order valence-corrected chi connectivity index (χ3v) is 5.14. The van der Waals surface area contributed by atoms with Crippen LogP contribution in [0.2, 0.25) is 0 Å². The number of amides is 1. The molecular formula is C18H26N6O. The number of nitrogens with one attached hydrogen (secondary N) is 1. The van der Waals surface area contributed by atoms with Gasteiger partial charge in [0.2, 0.25) is 5.91 Å². The number of carbonyl (C=O) groups excluding carboxylic acids is 1. The van der Waals surface area contributed by atoms with E-state index in [-0.39, 0.29) is 17.9 Å². The van der Waals surface area contributed by atoms with Gasteiger partial charge in [-0.15, -0.1) is 5.10 Å². The van der Waals surface area contributed by atoms with E-state index < -0.39 is 0 Å². The first kappa shape index (κ1) is 17.4. The molecule has 2 aromatic rings. The lowest BCUT2D eigenvalue weighted by atomic mass is 9.84. The zero-order valence-electron chi connectivity index (χ0n) is 15.4. The van der Waals surface area contributed by atoms with Gasteiger partial charge in [0, 0.05) is 25.7 Å². The number of carbonyl (C=O) groups is 1. The minimum absolute atomic E-state index is 0.0420. The SMILES string of the molecule is CC1=C(C)CC(C(=O)NCC(C)n2cc(-c3ccnn3C)nn2)CC1. The molecule has 2 aromatic heterocycles. The van der Waals surface area contributed by atoms with E-state index in [1.54, 1.807) is 15.6 Å². The van der Waals surface area contributed by atoms with Crippen LogP contribution in [-0.2, 0) is 11.8 Å². The first-order valence-electron chi connectivity index (χ1n) is 8.79. The standard InChI is InChI=1S/C18H26N6O/c1-12-5-6-15(9-13(12)2)18(25)19-10-14(3)24-11-16(21-22-24)17-7-8-20-23(17)4/h7-8,11,14-15H,5-6,9-10H2,1-4H3,(H,19,25). The van der Waals surface area contributed by atoms with Gasteiger partial charge in [-0.05, 0) is 46.1 Å². The van der Waals surface area contributed by atoms with Gasteiger partial charge in [-0.25, -0.2) is 4.68 Å². The largest absolute Gasteiger partial charge is 0.354 e. The highest BCUT2D eigenvalue weighted by atomic mass is 16.1. The molecule has 1 aliphatic rings. The quantitative estimate of drug-likeness (QED) is 0.847. The van der Waals surface area contributed by atoms with Crippen molar-refractivity contribution in [2.75, 3.05) is 6.54 Å². The van der Waals surface area contributed by atoms with Crippen LogP contribution in [0.1, 0.15) is 46.1 Å². The summed E-state index contributed by atoms with van der Waals surface area (Å²) in [7, 11) is 1.88. The number of aryl methyl sites for hydroxylation is 1. The van der Waals surface area contributed by atoms with E-state index in [4.69, 9.17) is 0 Å². The fourth-order valence-electron chi connectivity index (χ4n) is 3.19. The van der Waals surface area contributed by atoms with E-state index in [0.29, 0.717) is 6.54 Å². The van der Waals surface area contributed by atoms with Crippen LogP contribution in [0.25, 0.3) is 11.4 Å². The molecule has 25 heavy (non-hydrogen) atoms. The van der Waals surface area contributed by atoms with Crippen LogP contribution in [0, 0.1) is 5.92 Å². The molecule has 1 aliphatic carbocycles. The molecule has 134 valence electrons. The van der Waals surface area contributed by atoms with Crippen molar-refractivity contribution in [2.24, 2.45) is 13.0 Å². The van der Waals surface area contributed by atoms with Gasteiger partial charge < -0.3 is 5.32 Å². The monoisotopic (exact) mass is 342 g/mol. The second-order valence-electron chi connectivity index (χ2n) is 7.02. The van der Waals surface area contributed by atoms with E-state index in [0.717, 1.165) is 30.7 Å². The summed E-state index contributed by atoms with van der Waals surface area (Å²) in [5.41, 5.74) is 4.49. The molecule has 1 N–H and O–H groups in total. The Kier molecular flexibility index (Phi) is 5.01. The van der Waals surface area contributed by atoms with Crippen LogP contribution >= 0.6 is 0 Å². The molecule has 2 unspecified atom stereocenters. The van der Waals surface area contributed by atoms with E-state index in [1.807, 2.05) is 26.2 Å². The molecule has 0 fully saturated rings. The summed E-state index contributed by atoms with van der Waals surface area (Å²) in [6.07, 6.45) is 6.47. The number of aromatic nitrogens is 5. The number of hydrogen-bond acceptors (Lipinski definition) is 4. The second kappa shape index (κ2) is 7.21. The Hall–Kier alpha value is -2.44. The predicted octanol–water partition coefficient (Wildman–Crippen LogP) is 2.49. The summed E-state index contributed by atoms with van der Waals surface area (Å²) in [5, 5.41) is 15.6. The normalized spacial score (nSPS) is 19.1. The van der Waals surface area contributed by atoms with Crippen molar-refractivity contribution in [2.45, 2.75) is 46.1 Å². The van der Waals surface area contributed by atoms with E-state index >= 15 is 0 Å². The highest BCUT2D eigenvalue weighted by Gasteiger charge is 2.23. The van der Waals surface area contributed by atoms with Crippen molar-refractivity contribution in [3.63, 3.8) is 0 Å². The zero-order valence-corrected chi connectivity index (χ0v) is 15.4. The molecule has 2 heterocycles. The zero-order chi connectivity index (χ0) is 18.0. The fourth-order valence-corrected chi connectivity index (χ4v) is 3.19. The van der Waals surface area contributed by atoms with Crippen molar-refractivity contribution in [1.29, 1.82) is 0 Å². The second-order valence-corrected chi connectivity index (χ2v) is 7.02. The molecule has 1 amide bonds. The molecule has 0 saturated heterocycles. The lowest BCUT2D eigenvalue weighted by Crippen LogP contribution is -2.35. The average molecular weight is 342 g/mol. The van der Waals surface area contributed by atoms with Gasteiger partial charge in [-0.1, -0.05) is 16.4 Å². The number of allylic oxidation sites excluding steroid dienone is 2. The summed E-state index contributed by atoms with van der Waals surface area (Å²) in [5.74, 6) is 0.238. The molecule has 0 aromatic carbocycles. The highest BCUT2D eigenvalue weighted by molar-refractivity contribution is 5.79. The molecule has 0 bridgehead atoms. The summed E-state index contributed by atoms with van der Waals surface area (Å²) >= 11 is 0. The lowest BCUT2D eigenvalue weighted by Gasteiger charge is -2.24. The molecule has 0 saturated carbocycles. The third-order valence-electron chi connectivity index (χ3n) is 5.14. The Bertz CT molecular complexity index is 787. The van der Waals surface area contributed by atoms with Gasteiger partial charge in [-0.2, -0.15) is 5.10 Å². The van der Waals surface area contributed by atoms with Crippen molar-refractivity contribution in [3.8, 4) is 11.4 Å². The third kappa shape index (κ3) is 3.81. The Morgan fingerprint density at radius 1 is 1.40 bits per heavy atom. The molecular weight excluding hydrogens is 316 g/mol. The number of rotatable bonds is 5. The Morgan fingerprint density at radius 3 is 2.88 bits per heavy atom. The molecule has 3 rings (SSSR count). The maximum Gasteiger partial charge on any atom is 0.223 e. The molecule has 0 aliphatic heterocycles. The van der Waals surface area contributed by atoms with Crippen molar-refractivity contribution in [1.82, 2.24) is 30.1 Å². The summed E-state index contributed by atoms with van der Waals surface area (Å²) in [6, 6.07) is 1.95. The molecule has 7 heteroatoms. The van der Waals surface area contributed by atoms with Crippen LogP contribution in [-0.4, -0.2) is 37.2 Å². The molecule has 7 nitrogen and oxygen atoms in total. The van der Waals surface area contributed by atoms with Gasteiger partial charge in [0.15, 0.2) is 0 Å². The van der Waals surface area contributed by atoms with Crippen molar-refractivity contribution in [3.05, 3.63) is 29.6 Å². The summed E-state index contributed by atoms with van der Waals surface area (Å²) < 4.78 is 3.56. The Balaban J connectivity index is 1.56. The van der Waals surface area contributed by atoms with Gasteiger partial charge in [0.05, 0.1) is 17.9 Å². The van der Waals surface area contributed by atoms with E-state index in [9.17, 15) is 4.79 Å². The van der Waals surface area contributed by atoms with E-state index in [1.165, 1.54) is 11.1 Å². The van der Waals surface area contributed by atoms with Crippen LogP contribution in [0.15, 0.2) is 29.6 Å². The average Bonchev–Trinajstić information content (AvgIpc) is 3.23. The first-order valence-corrected chi connectivity index (χ1v) is 8.79. The van der Waals surface area contributed by atoms with Crippen LogP contribution in [0.5, 0.6) is 0 Å². The van der Waals surface area contributed by atoms with Gasteiger partial charge in [0.25, 0.3) is 0 Å². The molecule has 0 radical (unpaired) electrons. The minimum Gasteiger partial charge on any atom is -0.354 e. The summed E-state index contributed by atoms with van der Waals surface area (Å²) in [4.78, 5) is 12.4. The molecule has 2 atom stereocenters. The number of hydrogen-bond donors (Lipinski definition) is 1. The fraction of sp³-hybridized carbons (Fsp3) is 0.556. The minimum atomic E-state index is 0.0420. The van der Waals surface area contributed by atoms with Gasteiger partial charge in [-0.3, -0.25) is 9.48 Å². The smallest absolute Gasteiger partial charge is 0.223 e. The van der Waals surface area contributed by atoms with E-state index in [2.05, 4.69) is 34.6 Å². The van der Waals surface area contributed by atoms with Gasteiger partial charge >= 0.3 is 0 Å². The van der Waals surface area contributed by atoms with Crippen LogP contribution in [0.4, 0.5) is 0 Å².